The van der Waals surface area contributed by atoms with E-state index in [1.54, 1.807) is 12.1 Å². The van der Waals surface area contributed by atoms with Gasteiger partial charge in [0.15, 0.2) is 11.6 Å². The van der Waals surface area contributed by atoms with Crippen LogP contribution in [0.4, 0.5) is 0 Å². The molecule has 0 amide bonds. The van der Waals surface area contributed by atoms with Crippen molar-refractivity contribution in [1.29, 1.82) is 0 Å². The molecule has 1 aliphatic rings. The number of hydrogen-bond acceptors (Lipinski definition) is 4. The summed E-state index contributed by atoms with van der Waals surface area (Å²) in [5.74, 6) is -1.05. The molecule has 0 bridgehead atoms. The summed E-state index contributed by atoms with van der Waals surface area (Å²) in [6.45, 7) is 0. The van der Waals surface area contributed by atoms with Gasteiger partial charge in [-0.25, -0.2) is 0 Å². The van der Waals surface area contributed by atoms with Gasteiger partial charge < -0.3 is 10.2 Å². The first kappa shape index (κ1) is 12.8. The van der Waals surface area contributed by atoms with Gasteiger partial charge in [0.05, 0.1) is 11.1 Å². The summed E-state index contributed by atoms with van der Waals surface area (Å²) in [5.41, 5.74) is -0.0898. The maximum atomic E-state index is 12.1. The maximum absolute atomic E-state index is 12.1. The minimum atomic E-state index is -0.308. The third-order valence-electron chi connectivity index (χ3n) is 4.26. The van der Waals surface area contributed by atoms with Crippen LogP contribution < -0.4 is 0 Å². The highest BCUT2D eigenvalue weighted by atomic mass is 16.3. The molecular weight excluding hydrogens is 280 g/mol. The first-order valence-corrected chi connectivity index (χ1v) is 7.04. The molecule has 0 spiro atoms. The molecule has 0 saturated heterocycles. The number of ketones is 2. The number of phenols is 2. The molecule has 0 aliphatic heterocycles. The second-order valence-electron chi connectivity index (χ2n) is 5.54. The third-order valence-corrected chi connectivity index (χ3v) is 4.26. The summed E-state index contributed by atoms with van der Waals surface area (Å²) in [5, 5.41) is 23.5. The molecule has 0 fully saturated rings. The summed E-state index contributed by atoms with van der Waals surface area (Å²) in [6.07, 6.45) is 0.135. The van der Waals surface area contributed by atoms with Gasteiger partial charge in [0.25, 0.3) is 0 Å². The SMILES string of the molecule is O=C1CCC(=O)c2c1c(O)c1cc3ccccc3cc1c2O. The van der Waals surface area contributed by atoms with E-state index >= 15 is 0 Å². The Balaban J connectivity index is 2.23. The number of phenolic OH excluding ortho intramolecular Hbond substituents is 2. The molecule has 0 unspecified atom stereocenters. The normalized spacial score (nSPS) is 14.5. The van der Waals surface area contributed by atoms with Crippen LogP contribution in [0.1, 0.15) is 33.6 Å². The predicted octanol–water partition coefficient (Wildman–Crippen LogP) is 3.56. The summed E-state index contributed by atoms with van der Waals surface area (Å²) >= 11 is 0. The molecule has 0 saturated carbocycles. The Labute approximate surface area is 125 Å². The summed E-state index contributed by atoms with van der Waals surface area (Å²) < 4.78 is 0. The van der Waals surface area contributed by atoms with Crippen LogP contribution >= 0.6 is 0 Å². The molecule has 4 nitrogen and oxygen atoms in total. The molecule has 3 aromatic carbocycles. The van der Waals surface area contributed by atoms with E-state index < -0.39 is 0 Å². The number of benzene rings is 3. The number of hydrogen-bond donors (Lipinski definition) is 2. The standard InChI is InChI=1S/C18H12O4/c19-13-5-6-14(20)16-15(13)17(21)11-7-9-3-1-2-4-10(9)8-12(11)18(16)22/h1-4,7-8,21-22H,5-6H2. The average molecular weight is 292 g/mol. The highest BCUT2D eigenvalue weighted by Gasteiger charge is 2.32. The molecule has 3 aromatic rings. The van der Waals surface area contributed by atoms with E-state index in [1.807, 2.05) is 24.3 Å². The average Bonchev–Trinajstić information content (AvgIpc) is 2.53. The highest BCUT2D eigenvalue weighted by molar-refractivity contribution is 6.22. The quantitative estimate of drug-likeness (QED) is 0.490. The molecular formula is C18H12O4. The van der Waals surface area contributed by atoms with Crippen molar-refractivity contribution in [3.05, 3.63) is 47.5 Å². The van der Waals surface area contributed by atoms with Gasteiger partial charge in [-0.1, -0.05) is 24.3 Å². The van der Waals surface area contributed by atoms with Gasteiger partial charge >= 0.3 is 0 Å². The molecule has 4 heteroatoms. The minimum Gasteiger partial charge on any atom is -0.507 e. The molecule has 1 aliphatic carbocycles. The van der Waals surface area contributed by atoms with Crippen molar-refractivity contribution in [2.45, 2.75) is 12.8 Å². The Morgan fingerprint density at radius 2 is 1.14 bits per heavy atom. The number of rotatable bonds is 0. The second kappa shape index (κ2) is 4.31. The van der Waals surface area contributed by atoms with Crippen LogP contribution in [0, 0.1) is 0 Å². The minimum absolute atomic E-state index is 0.0449. The van der Waals surface area contributed by atoms with Crippen molar-refractivity contribution in [3.8, 4) is 11.5 Å². The van der Waals surface area contributed by atoms with Gasteiger partial charge in [-0.3, -0.25) is 9.59 Å². The number of carbonyl (C=O) groups is 2. The van der Waals surface area contributed by atoms with E-state index in [2.05, 4.69) is 0 Å². The molecule has 108 valence electrons. The van der Waals surface area contributed by atoms with Crippen LogP contribution in [0.3, 0.4) is 0 Å². The Morgan fingerprint density at radius 3 is 1.55 bits per heavy atom. The number of carbonyl (C=O) groups excluding carboxylic acids is 2. The Kier molecular flexibility index (Phi) is 2.51. The smallest absolute Gasteiger partial charge is 0.167 e. The first-order chi connectivity index (χ1) is 10.6. The number of Topliss-reactive ketones (excluding diaryl/α,β-unsaturated/α-hetero) is 2. The molecule has 0 atom stereocenters. The van der Waals surface area contributed by atoms with Crippen LogP contribution in [0.5, 0.6) is 11.5 Å². The first-order valence-electron chi connectivity index (χ1n) is 7.04. The van der Waals surface area contributed by atoms with Crippen molar-refractivity contribution >= 4 is 33.1 Å². The lowest BCUT2D eigenvalue weighted by molar-refractivity contribution is 0.0885. The van der Waals surface area contributed by atoms with E-state index in [0.717, 1.165) is 10.8 Å². The van der Waals surface area contributed by atoms with E-state index in [0.29, 0.717) is 10.8 Å². The number of aromatic hydroxyl groups is 2. The summed E-state index contributed by atoms with van der Waals surface area (Å²) in [4.78, 5) is 24.2. The fourth-order valence-electron chi connectivity index (χ4n) is 3.16. The monoisotopic (exact) mass is 292 g/mol. The van der Waals surface area contributed by atoms with E-state index in [1.165, 1.54) is 0 Å². The maximum Gasteiger partial charge on any atom is 0.167 e. The molecule has 0 radical (unpaired) electrons. The lowest BCUT2D eigenvalue weighted by atomic mass is 9.85. The van der Waals surface area contributed by atoms with E-state index in [9.17, 15) is 19.8 Å². The fraction of sp³-hybridized carbons (Fsp3) is 0.111. The van der Waals surface area contributed by atoms with Gasteiger partial charge in [0.1, 0.15) is 11.5 Å². The van der Waals surface area contributed by atoms with Crippen molar-refractivity contribution in [3.63, 3.8) is 0 Å². The largest absolute Gasteiger partial charge is 0.507 e. The van der Waals surface area contributed by atoms with E-state index in [4.69, 9.17) is 0 Å². The topological polar surface area (TPSA) is 74.6 Å². The van der Waals surface area contributed by atoms with Crippen LogP contribution in [-0.2, 0) is 0 Å². The van der Waals surface area contributed by atoms with Gasteiger partial charge in [0.2, 0.25) is 0 Å². The molecule has 0 heterocycles. The third kappa shape index (κ3) is 1.58. The van der Waals surface area contributed by atoms with Crippen molar-refractivity contribution < 1.29 is 19.8 Å². The molecule has 0 aromatic heterocycles. The highest BCUT2D eigenvalue weighted by Crippen LogP contribution is 2.44. The van der Waals surface area contributed by atoms with Gasteiger partial charge in [0, 0.05) is 23.6 Å². The van der Waals surface area contributed by atoms with Crippen molar-refractivity contribution in [2.75, 3.05) is 0 Å². The number of fused-ring (bicyclic) bond motifs is 3. The predicted molar refractivity (Wildman–Crippen MR) is 82.7 cm³/mol. The zero-order valence-corrected chi connectivity index (χ0v) is 11.6. The molecule has 4 rings (SSSR count). The Bertz CT molecular complexity index is 905. The van der Waals surface area contributed by atoms with Crippen molar-refractivity contribution in [2.24, 2.45) is 0 Å². The van der Waals surface area contributed by atoms with Crippen molar-refractivity contribution in [1.82, 2.24) is 0 Å². The lowest BCUT2D eigenvalue weighted by Crippen LogP contribution is -2.17. The second-order valence-corrected chi connectivity index (χ2v) is 5.54. The molecule has 22 heavy (non-hydrogen) atoms. The van der Waals surface area contributed by atoms with Crippen LogP contribution in [0.25, 0.3) is 21.5 Å². The summed E-state index contributed by atoms with van der Waals surface area (Å²) in [6, 6.07) is 11.0. The Morgan fingerprint density at radius 1 is 0.727 bits per heavy atom. The van der Waals surface area contributed by atoms with Crippen LogP contribution in [0.15, 0.2) is 36.4 Å². The Hall–Kier alpha value is -2.88. The van der Waals surface area contributed by atoms with Gasteiger partial charge in [-0.2, -0.15) is 0 Å². The zero-order valence-electron chi connectivity index (χ0n) is 11.6. The van der Waals surface area contributed by atoms with E-state index in [-0.39, 0.29) is 47.0 Å². The van der Waals surface area contributed by atoms with Gasteiger partial charge in [-0.15, -0.1) is 0 Å². The van der Waals surface area contributed by atoms with Gasteiger partial charge in [-0.05, 0) is 22.9 Å². The molecule has 2 N–H and O–H groups in total. The van der Waals surface area contributed by atoms with Crippen LogP contribution in [0.2, 0.25) is 0 Å². The lowest BCUT2D eigenvalue weighted by Gasteiger charge is -2.19. The summed E-state index contributed by atoms with van der Waals surface area (Å²) in [7, 11) is 0. The van der Waals surface area contributed by atoms with Crippen LogP contribution in [-0.4, -0.2) is 21.8 Å². The zero-order chi connectivity index (χ0) is 15.4. The fourth-order valence-corrected chi connectivity index (χ4v) is 3.16.